The van der Waals surface area contributed by atoms with Gasteiger partial charge in [0.1, 0.15) is 11.5 Å². The van der Waals surface area contributed by atoms with Gasteiger partial charge in [-0.2, -0.15) is 0 Å². The van der Waals surface area contributed by atoms with Crippen LogP contribution in [0.3, 0.4) is 0 Å². The number of amides is 1. The van der Waals surface area contributed by atoms with E-state index in [1.165, 1.54) is 5.56 Å². The molecule has 1 aliphatic rings. The van der Waals surface area contributed by atoms with Crippen LogP contribution in [0.4, 0.5) is 0 Å². The molecule has 0 radical (unpaired) electrons. The fourth-order valence-corrected chi connectivity index (χ4v) is 5.93. The zero-order chi connectivity index (χ0) is 17.7. The van der Waals surface area contributed by atoms with Crippen molar-refractivity contribution in [1.29, 1.82) is 0 Å². The van der Waals surface area contributed by atoms with Gasteiger partial charge in [0.05, 0.1) is 13.1 Å². The maximum Gasteiger partial charge on any atom is 0.222 e. The van der Waals surface area contributed by atoms with Crippen LogP contribution in [-0.2, 0) is 15.7 Å². The fourth-order valence-electron chi connectivity index (χ4n) is 3.15. The van der Waals surface area contributed by atoms with Crippen molar-refractivity contribution in [2.45, 2.75) is 45.8 Å². The molecule has 1 aliphatic heterocycles. The molecule has 0 saturated carbocycles. The molecule has 2 rings (SSSR count). The largest absolute Gasteiger partial charge is 0.333 e. The molecule has 132 valence electrons. The van der Waals surface area contributed by atoms with Gasteiger partial charge in [0, 0.05) is 29.3 Å². The highest BCUT2D eigenvalue weighted by atomic mass is 32.2. The number of carbonyl (C=O) groups is 2. The molecule has 0 N–H and O–H groups in total. The molecular weight excluding hydrogens is 318 g/mol. The maximum atomic E-state index is 13.1. The Labute approximate surface area is 149 Å². The van der Waals surface area contributed by atoms with Crippen molar-refractivity contribution in [2.75, 3.05) is 24.6 Å². The number of carbonyl (C=O) groups excluding carboxylic acids is 2. The fraction of sp³-hybridized carbons (Fsp3) is 0.600. The first kappa shape index (κ1) is 19.0. The Hall–Kier alpha value is -1.29. The lowest BCUT2D eigenvalue weighted by Gasteiger charge is -2.30. The van der Waals surface area contributed by atoms with Crippen LogP contribution in [0.15, 0.2) is 24.3 Å². The van der Waals surface area contributed by atoms with Crippen LogP contribution in [0, 0.1) is 12.8 Å². The molecule has 0 aliphatic carbocycles. The van der Waals surface area contributed by atoms with E-state index in [1.54, 1.807) is 0 Å². The number of hydrogen-bond donors (Lipinski definition) is 0. The summed E-state index contributed by atoms with van der Waals surface area (Å²) in [6.45, 7) is 9.96. The van der Waals surface area contributed by atoms with E-state index in [2.05, 4.69) is 13.8 Å². The molecule has 0 bridgehead atoms. The summed E-state index contributed by atoms with van der Waals surface area (Å²) in [6, 6.07) is 7.97. The number of benzene rings is 1. The van der Waals surface area contributed by atoms with Crippen LogP contribution in [0.25, 0.3) is 0 Å². The summed E-state index contributed by atoms with van der Waals surface area (Å²) >= 11 is 0. The predicted molar refractivity (Wildman–Crippen MR) is 103 cm³/mol. The zero-order valence-electron chi connectivity index (χ0n) is 15.4. The molecule has 1 fully saturated rings. The molecule has 0 aromatic heterocycles. The number of Topliss-reactive ketones (excluding diaryl/α,β-unsaturated/α-hetero) is 1. The summed E-state index contributed by atoms with van der Waals surface area (Å²) in [4.78, 5) is 26.9. The van der Waals surface area contributed by atoms with E-state index in [9.17, 15) is 9.59 Å². The SMILES string of the molecule is CCC(=O)N1CC[S+](C(CC(C)C)C(=O)c2ccc(C)cc2)CC1. The second-order valence-corrected chi connectivity index (χ2v) is 9.49. The van der Waals surface area contributed by atoms with Gasteiger partial charge in [-0.15, -0.1) is 0 Å². The van der Waals surface area contributed by atoms with E-state index in [1.807, 2.05) is 43.0 Å². The summed E-state index contributed by atoms with van der Waals surface area (Å²) in [5.74, 6) is 2.99. The summed E-state index contributed by atoms with van der Waals surface area (Å²) < 4.78 is 0. The van der Waals surface area contributed by atoms with Crippen molar-refractivity contribution in [3.05, 3.63) is 35.4 Å². The summed E-state index contributed by atoms with van der Waals surface area (Å²) in [7, 11) is 0.0784. The molecule has 1 aromatic carbocycles. The predicted octanol–water partition coefficient (Wildman–Crippen LogP) is 3.46. The minimum absolute atomic E-state index is 0.0784. The van der Waals surface area contributed by atoms with Gasteiger partial charge in [-0.3, -0.25) is 9.59 Å². The van der Waals surface area contributed by atoms with Crippen molar-refractivity contribution in [3.63, 3.8) is 0 Å². The zero-order valence-corrected chi connectivity index (χ0v) is 16.2. The van der Waals surface area contributed by atoms with Crippen molar-refractivity contribution >= 4 is 22.6 Å². The van der Waals surface area contributed by atoms with E-state index >= 15 is 0 Å². The third-order valence-electron chi connectivity index (χ3n) is 4.62. The molecule has 1 heterocycles. The number of ketones is 1. The Bertz CT molecular complexity index is 560. The average Bonchev–Trinajstić information content (AvgIpc) is 2.59. The Morgan fingerprint density at radius 1 is 1.12 bits per heavy atom. The van der Waals surface area contributed by atoms with Crippen molar-refractivity contribution < 1.29 is 9.59 Å². The molecule has 1 saturated heterocycles. The van der Waals surface area contributed by atoms with Crippen LogP contribution in [0.2, 0.25) is 0 Å². The smallest absolute Gasteiger partial charge is 0.222 e. The van der Waals surface area contributed by atoms with Gasteiger partial charge in [0.15, 0.2) is 5.25 Å². The lowest BCUT2D eigenvalue weighted by atomic mass is 10.00. The highest BCUT2D eigenvalue weighted by molar-refractivity contribution is 7.98. The third-order valence-corrected chi connectivity index (χ3v) is 7.24. The highest BCUT2D eigenvalue weighted by Gasteiger charge is 2.40. The van der Waals surface area contributed by atoms with Gasteiger partial charge < -0.3 is 4.90 Å². The van der Waals surface area contributed by atoms with E-state index in [4.69, 9.17) is 0 Å². The Kier molecular flexibility index (Phi) is 6.90. The minimum atomic E-state index is 0.0784. The van der Waals surface area contributed by atoms with Gasteiger partial charge in [-0.1, -0.05) is 50.6 Å². The third kappa shape index (κ3) is 4.85. The second kappa shape index (κ2) is 8.70. The Morgan fingerprint density at radius 2 is 1.71 bits per heavy atom. The molecule has 0 spiro atoms. The van der Waals surface area contributed by atoms with Crippen LogP contribution in [-0.4, -0.2) is 46.4 Å². The summed E-state index contributed by atoms with van der Waals surface area (Å²) in [5.41, 5.74) is 2.02. The first-order chi connectivity index (χ1) is 11.4. The lowest BCUT2D eigenvalue weighted by molar-refractivity contribution is -0.130. The molecule has 3 nitrogen and oxygen atoms in total. The molecule has 1 unspecified atom stereocenters. The van der Waals surface area contributed by atoms with Crippen LogP contribution < -0.4 is 0 Å². The number of hydrogen-bond acceptors (Lipinski definition) is 2. The first-order valence-electron chi connectivity index (χ1n) is 8.97. The topological polar surface area (TPSA) is 37.4 Å². The number of nitrogens with zero attached hydrogens (tertiary/aromatic N) is 1. The quantitative estimate of drug-likeness (QED) is 0.583. The molecular formula is C20H30NO2S+. The molecule has 1 amide bonds. The monoisotopic (exact) mass is 348 g/mol. The van der Waals surface area contributed by atoms with E-state index < -0.39 is 0 Å². The van der Waals surface area contributed by atoms with Crippen LogP contribution >= 0.6 is 0 Å². The van der Waals surface area contributed by atoms with Crippen molar-refractivity contribution in [2.24, 2.45) is 5.92 Å². The molecule has 1 atom stereocenters. The summed E-state index contributed by atoms with van der Waals surface area (Å²) in [6.07, 6.45) is 1.52. The summed E-state index contributed by atoms with van der Waals surface area (Å²) in [5, 5.41) is 0.103. The van der Waals surface area contributed by atoms with Gasteiger partial charge in [0.25, 0.3) is 0 Å². The average molecular weight is 349 g/mol. The minimum Gasteiger partial charge on any atom is -0.333 e. The van der Waals surface area contributed by atoms with Gasteiger partial charge in [-0.25, -0.2) is 0 Å². The van der Waals surface area contributed by atoms with E-state index in [-0.39, 0.29) is 22.1 Å². The Morgan fingerprint density at radius 3 is 2.21 bits per heavy atom. The maximum absolute atomic E-state index is 13.1. The van der Waals surface area contributed by atoms with Gasteiger partial charge in [0.2, 0.25) is 11.7 Å². The van der Waals surface area contributed by atoms with Gasteiger partial charge >= 0.3 is 0 Å². The van der Waals surface area contributed by atoms with Crippen LogP contribution in [0.5, 0.6) is 0 Å². The van der Waals surface area contributed by atoms with Crippen molar-refractivity contribution in [1.82, 2.24) is 4.90 Å². The van der Waals surface area contributed by atoms with E-state index in [0.29, 0.717) is 18.1 Å². The highest BCUT2D eigenvalue weighted by Crippen LogP contribution is 2.24. The van der Waals surface area contributed by atoms with Crippen LogP contribution in [0.1, 0.15) is 49.5 Å². The normalized spacial score (nSPS) is 17.1. The second-order valence-electron chi connectivity index (χ2n) is 7.03. The lowest BCUT2D eigenvalue weighted by Crippen LogP contribution is -2.48. The number of rotatable bonds is 6. The Balaban J connectivity index is 2.10. The first-order valence-corrected chi connectivity index (χ1v) is 10.6. The molecule has 1 aromatic rings. The van der Waals surface area contributed by atoms with E-state index in [0.717, 1.165) is 36.6 Å². The van der Waals surface area contributed by atoms with Gasteiger partial charge in [-0.05, 0) is 12.8 Å². The standard InChI is InChI=1S/C20H30NO2S/c1-5-19(22)21-10-12-24(13-11-21)18(14-15(2)3)20(23)17-8-6-16(4)7-9-17/h6-9,15,18H,5,10-14H2,1-4H3/q+1. The molecule has 24 heavy (non-hydrogen) atoms. The molecule has 4 heteroatoms. The van der Waals surface area contributed by atoms with Crippen molar-refractivity contribution in [3.8, 4) is 0 Å². The number of aryl methyl sites for hydroxylation is 1.